The summed E-state index contributed by atoms with van der Waals surface area (Å²) in [6.07, 6.45) is 1.63. The molecule has 0 amide bonds. The first-order valence-electron chi connectivity index (χ1n) is 9.83. The highest BCUT2D eigenvalue weighted by atomic mass is 35.5. The maximum absolute atomic E-state index is 9.96. The summed E-state index contributed by atoms with van der Waals surface area (Å²) in [4.78, 5) is 1.84. The van der Waals surface area contributed by atoms with Gasteiger partial charge in [-0.05, 0) is 60.6 Å². The number of ether oxygens (including phenoxy) is 2. The highest BCUT2D eigenvalue weighted by Crippen LogP contribution is 2.31. The van der Waals surface area contributed by atoms with Crippen LogP contribution in [0.25, 0.3) is 0 Å². The number of nitrogens with zero attached hydrogens (tertiary/aromatic N) is 1. The molecule has 1 aliphatic heterocycles. The van der Waals surface area contributed by atoms with Gasteiger partial charge in [-0.25, -0.2) is 4.90 Å². The Morgan fingerprint density at radius 1 is 1.21 bits per heavy atom. The molecule has 1 fully saturated rings. The summed E-state index contributed by atoms with van der Waals surface area (Å²) in [6.45, 7) is 2.92. The maximum atomic E-state index is 9.96. The number of benzene rings is 2. The van der Waals surface area contributed by atoms with Crippen LogP contribution in [0.5, 0.6) is 5.75 Å². The van der Waals surface area contributed by atoms with Crippen LogP contribution in [0.1, 0.15) is 35.6 Å². The van der Waals surface area contributed by atoms with Gasteiger partial charge < -0.3 is 19.7 Å². The van der Waals surface area contributed by atoms with Crippen molar-refractivity contribution >= 4 is 11.6 Å². The van der Waals surface area contributed by atoms with Crippen LogP contribution in [0, 0.1) is 0 Å². The van der Waals surface area contributed by atoms with Crippen LogP contribution in [0.3, 0.4) is 0 Å². The largest absolute Gasteiger partial charge is 0.489 e. The molecule has 2 aliphatic rings. The highest BCUT2D eigenvalue weighted by Gasteiger charge is 2.36. The van der Waals surface area contributed by atoms with E-state index in [2.05, 4.69) is 25.1 Å². The lowest BCUT2D eigenvalue weighted by atomic mass is 9.87. The van der Waals surface area contributed by atoms with E-state index in [1.807, 2.05) is 23.1 Å². The third-order valence-electron chi connectivity index (χ3n) is 5.76. The summed E-state index contributed by atoms with van der Waals surface area (Å²) in [6, 6.07) is 12.3. The van der Waals surface area contributed by atoms with E-state index in [0.717, 1.165) is 42.0 Å². The molecule has 1 heterocycles. The highest BCUT2D eigenvalue weighted by molar-refractivity contribution is 6.31. The van der Waals surface area contributed by atoms with Gasteiger partial charge in [0.1, 0.15) is 12.4 Å². The molecule has 6 heteroatoms. The minimum Gasteiger partial charge on any atom is -0.489 e. The van der Waals surface area contributed by atoms with Crippen molar-refractivity contribution in [1.82, 2.24) is 4.90 Å². The van der Waals surface area contributed by atoms with Crippen LogP contribution in [-0.4, -0.2) is 40.4 Å². The first-order chi connectivity index (χ1) is 13.5. The first kappa shape index (κ1) is 19.7. The molecule has 28 heavy (non-hydrogen) atoms. The third kappa shape index (κ3) is 4.04. The molecule has 2 N–H and O–H groups in total. The smallest absolute Gasteiger partial charge is 0.219 e. The molecule has 5 nitrogen and oxygen atoms in total. The standard InChI is InChI=1S/C22H26ClNO4/c1-2-14-4-3-5-20(23)19(14)13-27-18-9-7-15-10-17(8-6-16(15)11-18)24-12-21(25)28-22(24)26/h3-5,7,9,11,17,21-22,25-26H,2,6,8,10,12-13H2,1H3. The van der Waals surface area contributed by atoms with Gasteiger partial charge in [-0.15, -0.1) is 0 Å². The minimum atomic E-state index is -1.02. The number of hydrogen-bond donors (Lipinski definition) is 2. The molecule has 0 bridgehead atoms. The van der Waals surface area contributed by atoms with Gasteiger partial charge in [0, 0.05) is 16.6 Å². The van der Waals surface area contributed by atoms with Crippen molar-refractivity contribution in [3.8, 4) is 5.75 Å². The zero-order valence-corrected chi connectivity index (χ0v) is 16.7. The van der Waals surface area contributed by atoms with Crippen molar-refractivity contribution in [2.75, 3.05) is 6.54 Å². The number of β-amino-alcohol motifs (C(OH)–C–C–N with tert-alkyl or cyclic N) is 1. The second-order valence-corrected chi connectivity index (χ2v) is 7.87. The van der Waals surface area contributed by atoms with E-state index < -0.39 is 12.7 Å². The number of fused-ring (bicyclic) bond motifs is 1. The van der Waals surface area contributed by atoms with Gasteiger partial charge in [-0.3, -0.25) is 0 Å². The molecule has 3 unspecified atom stereocenters. The number of rotatable bonds is 5. The number of hydrogen-bond acceptors (Lipinski definition) is 5. The van der Waals surface area contributed by atoms with Crippen molar-refractivity contribution in [1.29, 1.82) is 0 Å². The molecular weight excluding hydrogens is 378 g/mol. The molecule has 2 aromatic rings. The van der Waals surface area contributed by atoms with Crippen LogP contribution >= 0.6 is 11.6 Å². The van der Waals surface area contributed by atoms with Crippen LogP contribution in [0.15, 0.2) is 36.4 Å². The lowest BCUT2D eigenvalue weighted by Crippen LogP contribution is -2.43. The zero-order chi connectivity index (χ0) is 19.7. The van der Waals surface area contributed by atoms with Gasteiger partial charge in [0.25, 0.3) is 0 Å². The van der Waals surface area contributed by atoms with Gasteiger partial charge in [0.15, 0.2) is 6.29 Å². The normalized spacial score (nSPS) is 24.9. The van der Waals surface area contributed by atoms with Gasteiger partial charge in [0.2, 0.25) is 6.41 Å². The Morgan fingerprint density at radius 2 is 2.07 bits per heavy atom. The topological polar surface area (TPSA) is 62.2 Å². The minimum absolute atomic E-state index is 0.168. The van der Waals surface area contributed by atoms with E-state index in [4.69, 9.17) is 21.1 Å². The van der Waals surface area contributed by atoms with Crippen molar-refractivity contribution < 1.29 is 19.7 Å². The monoisotopic (exact) mass is 403 g/mol. The van der Waals surface area contributed by atoms with E-state index in [-0.39, 0.29) is 6.04 Å². The Morgan fingerprint density at radius 3 is 2.82 bits per heavy atom. The Labute approximate surface area is 170 Å². The van der Waals surface area contributed by atoms with Gasteiger partial charge >= 0.3 is 0 Å². The van der Waals surface area contributed by atoms with Crippen molar-refractivity contribution in [3.63, 3.8) is 0 Å². The molecule has 0 radical (unpaired) electrons. The van der Waals surface area contributed by atoms with E-state index in [0.29, 0.717) is 13.2 Å². The molecule has 4 rings (SSSR count). The number of aliphatic hydroxyl groups is 2. The van der Waals surface area contributed by atoms with Gasteiger partial charge in [-0.2, -0.15) is 0 Å². The number of aliphatic hydroxyl groups excluding tert-OH is 2. The Kier molecular flexibility index (Phi) is 5.90. The Balaban J connectivity index is 1.43. The van der Waals surface area contributed by atoms with Crippen LogP contribution in [0.2, 0.25) is 5.02 Å². The zero-order valence-electron chi connectivity index (χ0n) is 16.0. The second-order valence-electron chi connectivity index (χ2n) is 7.46. The molecule has 3 atom stereocenters. The summed E-state index contributed by atoms with van der Waals surface area (Å²) in [5, 5.41) is 20.3. The summed E-state index contributed by atoms with van der Waals surface area (Å²) in [5.41, 5.74) is 4.79. The molecule has 150 valence electrons. The molecule has 0 aromatic heterocycles. The summed E-state index contributed by atoms with van der Waals surface area (Å²) < 4.78 is 11.1. The van der Waals surface area contributed by atoms with Crippen molar-refractivity contribution in [2.45, 2.75) is 58.0 Å². The molecule has 1 aliphatic carbocycles. The second kappa shape index (κ2) is 8.39. The summed E-state index contributed by atoms with van der Waals surface area (Å²) in [5.74, 6) is 0.846. The lowest BCUT2D eigenvalue weighted by molar-refractivity contribution is -0.195. The predicted octanol–water partition coefficient (Wildman–Crippen LogP) is 3.27. The first-order valence-corrected chi connectivity index (χ1v) is 10.2. The molecule has 1 saturated heterocycles. The number of aryl methyl sites for hydroxylation is 2. The average Bonchev–Trinajstić information content (AvgIpc) is 3.04. The molecule has 0 spiro atoms. The SMILES string of the molecule is CCc1cccc(Cl)c1COc1ccc2c(c1)CCC(N1CC(O)OC1O)C2. The van der Waals surface area contributed by atoms with E-state index in [1.165, 1.54) is 16.7 Å². The van der Waals surface area contributed by atoms with Crippen molar-refractivity contribution in [2.24, 2.45) is 0 Å². The van der Waals surface area contributed by atoms with Gasteiger partial charge in [-0.1, -0.05) is 36.7 Å². The fourth-order valence-electron chi connectivity index (χ4n) is 4.20. The lowest BCUT2D eigenvalue weighted by Gasteiger charge is -2.33. The molecule has 0 saturated carbocycles. The van der Waals surface area contributed by atoms with Crippen molar-refractivity contribution in [3.05, 3.63) is 63.7 Å². The third-order valence-corrected chi connectivity index (χ3v) is 6.11. The Bertz CT molecular complexity index is 843. The fourth-order valence-corrected chi connectivity index (χ4v) is 4.45. The summed E-state index contributed by atoms with van der Waals surface area (Å²) in [7, 11) is 0. The van der Waals surface area contributed by atoms with Crippen LogP contribution in [0.4, 0.5) is 0 Å². The van der Waals surface area contributed by atoms with Crippen LogP contribution < -0.4 is 4.74 Å². The molecule has 2 aromatic carbocycles. The van der Waals surface area contributed by atoms with E-state index in [1.54, 1.807) is 0 Å². The van der Waals surface area contributed by atoms with Crippen LogP contribution in [-0.2, 0) is 30.6 Å². The Hall–Kier alpha value is -1.63. The fraction of sp³-hybridized carbons (Fsp3) is 0.455. The predicted molar refractivity (Wildman–Crippen MR) is 107 cm³/mol. The molecular formula is C22H26ClNO4. The van der Waals surface area contributed by atoms with E-state index >= 15 is 0 Å². The van der Waals surface area contributed by atoms with Gasteiger partial charge in [0.05, 0.1) is 6.54 Å². The number of halogens is 1. The average molecular weight is 404 g/mol. The quantitative estimate of drug-likeness (QED) is 0.802. The summed E-state index contributed by atoms with van der Waals surface area (Å²) >= 11 is 6.36. The maximum Gasteiger partial charge on any atom is 0.219 e. The van der Waals surface area contributed by atoms with E-state index in [9.17, 15) is 10.2 Å².